The van der Waals surface area contributed by atoms with Crippen molar-refractivity contribution in [2.75, 3.05) is 0 Å². The molecule has 0 aliphatic carbocycles. The molecule has 0 bridgehead atoms. The number of hydrogen-bond donors (Lipinski definition) is 0. The molecule has 0 fully saturated rings. The molecule has 3 aromatic heterocycles. The van der Waals surface area contributed by atoms with Gasteiger partial charge in [-0.1, -0.05) is 6.07 Å². The van der Waals surface area contributed by atoms with Gasteiger partial charge in [0.05, 0.1) is 0 Å². The highest BCUT2D eigenvalue weighted by Gasteiger charge is 2.14. The molecule has 3 heterocycles. The summed E-state index contributed by atoms with van der Waals surface area (Å²) in [7, 11) is 0. The number of pyridine rings is 2. The number of aromatic nitrogens is 5. The first-order valence-corrected chi connectivity index (χ1v) is 7.52. The number of nitriles is 1. The number of nitrogens with zero attached hydrogens (tertiary/aromatic N) is 6. The highest BCUT2D eigenvalue weighted by molar-refractivity contribution is 7.99. The van der Waals surface area contributed by atoms with Gasteiger partial charge in [-0.15, -0.1) is 10.2 Å². The monoisotopic (exact) mass is 308 g/mol. The van der Waals surface area contributed by atoms with Gasteiger partial charge >= 0.3 is 0 Å². The molecule has 0 aliphatic rings. The van der Waals surface area contributed by atoms with Crippen LogP contribution in [0.3, 0.4) is 0 Å². The minimum Gasteiger partial charge on any atom is -0.302 e. The molecule has 3 aromatic rings. The summed E-state index contributed by atoms with van der Waals surface area (Å²) >= 11 is 1.40. The lowest BCUT2D eigenvalue weighted by Crippen LogP contribution is -2.00. The van der Waals surface area contributed by atoms with Crippen LogP contribution in [0.4, 0.5) is 0 Å². The van der Waals surface area contributed by atoms with Crippen molar-refractivity contribution in [2.24, 2.45) is 0 Å². The zero-order valence-corrected chi connectivity index (χ0v) is 12.7. The van der Waals surface area contributed by atoms with Crippen LogP contribution in [-0.4, -0.2) is 24.7 Å². The average molecular weight is 308 g/mol. The van der Waals surface area contributed by atoms with Gasteiger partial charge in [0.1, 0.15) is 16.8 Å². The number of hydrogen-bond acceptors (Lipinski definition) is 6. The van der Waals surface area contributed by atoms with E-state index in [-0.39, 0.29) is 0 Å². The van der Waals surface area contributed by atoms with Gasteiger partial charge in [-0.3, -0.25) is 4.98 Å². The molecule has 0 aliphatic heterocycles. The van der Waals surface area contributed by atoms with Crippen molar-refractivity contribution in [1.82, 2.24) is 24.7 Å². The quantitative estimate of drug-likeness (QED) is 0.737. The maximum Gasteiger partial charge on any atom is 0.197 e. The first-order chi connectivity index (χ1) is 10.8. The Bertz CT molecular complexity index is 822. The predicted molar refractivity (Wildman–Crippen MR) is 82.0 cm³/mol. The van der Waals surface area contributed by atoms with Crippen LogP contribution in [0.1, 0.15) is 12.6 Å². The summed E-state index contributed by atoms with van der Waals surface area (Å²) in [6.45, 7) is 2.78. The van der Waals surface area contributed by atoms with Crippen molar-refractivity contribution >= 4 is 11.8 Å². The lowest BCUT2D eigenvalue weighted by molar-refractivity contribution is 0.686. The summed E-state index contributed by atoms with van der Waals surface area (Å²) in [6, 6.07) is 11.2. The summed E-state index contributed by atoms with van der Waals surface area (Å²) in [5, 5.41) is 18.9. The maximum absolute atomic E-state index is 8.92. The van der Waals surface area contributed by atoms with E-state index in [0.717, 1.165) is 28.1 Å². The second kappa shape index (κ2) is 6.37. The van der Waals surface area contributed by atoms with Crippen LogP contribution < -0.4 is 0 Å². The lowest BCUT2D eigenvalue weighted by Gasteiger charge is -2.06. The maximum atomic E-state index is 8.92. The highest BCUT2D eigenvalue weighted by Crippen LogP contribution is 2.28. The van der Waals surface area contributed by atoms with Gasteiger partial charge in [-0.25, -0.2) is 4.98 Å². The molecule has 0 spiro atoms. The van der Waals surface area contributed by atoms with Crippen molar-refractivity contribution in [1.29, 1.82) is 5.26 Å². The molecule has 7 heteroatoms. The molecule has 0 N–H and O–H groups in total. The van der Waals surface area contributed by atoms with Crippen molar-refractivity contribution < 1.29 is 0 Å². The summed E-state index contributed by atoms with van der Waals surface area (Å²) < 4.78 is 2.01. The van der Waals surface area contributed by atoms with Crippen LogP contribution in [-0.2, 0) is 6.54 Å². The van der Waals surface area contributed by atoms with Crippen LogP contribution in [0, 0.1) is 11.3 Å². The van der Waals surface area contributed by atoms with E-state index < -0.39 is 0 Å². The normalized spacial score (nSPS) is 10.4. The summed E-state index contributed by atoms with van der Waals surface area (Å²) in [4.78, 5) is 8.27. The largest absolute Gasteiger partial charge is 0.302 e. The Balaban J connectivity index is 1.95. The van der Waals surface area contributed by atoms with Gasteiger partial charge in [-0.05, 0) is 43.0 Å². The van der Waals surface area contributed by atoms with Crippen LogP contribution in [0.5, 0.6) is 0 Å². The summed E-state index contributed by atoms with van der Waals surface area (Å²) in [5.41, 5.74) is 1.36. The molecule has 3 rings (SSSR count). The SMILES string of the molecule is CCn1c(Sc2cccc(C#N)n2)nnc1-c1ccncc1. The van der Waals surface area contributed by atoms with Gasteiger partial charge in [-0.2, -0.15) is 5.26 Å². The molecule has 108 valence electrons. The molecule has 0 unspecified atom stereocenters. The van der Waals surface area contributed by atoms with Crippen LogP contribution in [0.15, 0.2) is 52.9 Å². The molecular weight excluding hydrogens is 296 g/mol. The molecule has 0 amide bonds. The Kier molecular flexibility index (Phi) is 4.12. The van der Waals surface area contributed by atoms with Gasteiger partial charge < -0.3 is 4.57 Å². The first-order valence-electron chi connectivity index (χ1n) is 6.70. The summed E-state index contributed by atoms with van der Waals surface area (Å²) in [5.74, 6) is 0.795. The second-order valence-corrected chi connectivity index (χ2v) is 5.35. The zero-order valence-electron chi connectivity index (χ0n) is 11.8. The van der Waals surface area contributed by atoms with E-state index in [1.165, 1.54) is 11.8 Å². The Morgan fingerprint density at radius 3 is 2.73 bits per heavy atom. The molecule has 22 heavy (non-hydrogen) atoms. The Morgan fingerprint density at radius 1 is 1.18 bits per heavy atom. The van der Waals surface area contributed by atoms with E-state index in [1.54, 1.807) is 18.5 Å². The topological polar surface area (TPSA) is 80.3 Å². The van der Waals surface area contributed by atoms with Crippen LogP contribution in [0.25, 0.3) is 11.4 Å². The highest BCUT2D eigenvalue weighted by atomic mass is 32.2. The average Bonchev–Trinajstić information content (AvgIpc) is 2.98. The van der Waals surface area contributed by atoms with E-state index >= 15 is 0 Å². The Hall–Kier alpha value is -2.72. The smallest absolute Gasteiger partial charge is 0.197 e. The first kappa shape index (κ1) is 14.2. The van der Waals surface area contributed by atoms with E-state index in [9.17, 15) is 0 Å². The van der Waals surface area contributed by atoms with Crippen molar-refractivity contribution in [2.45, 2.75) is 23.7 Å². The van der Waals surface area contributed by atoms with Crippen molar-refractivity contribution in [3.05, 3.63) is 48.4 Å². The molecule has 0 atom stereocenters. The molecule has 0 saturated carbocycles. The predicted octanol–water partition coefficient (Wildman–Crippen LogP) is 2.78. The Morgan fingerprint density at radius 2 is 2.00 bits per heavy atom. The third-order valence-electron chi connectivity index (χ3n) is 3.01. The van der Waals surface area contributed by atoms with E-state index in [2.05, 4.69) is 20.2 Å². The second-order valence-electron chi connectivity index (χ2n) is 4.36. The molecule has 0 saturated heterocycles. The fourth-order valence-corrected chi connectivity index (χ4v) is 2.88. The van der Waals surface area contributed by atoms with E-state index in [1.807, 2.05) is 41.8 Å². The van der Waals surface area contributed by atoms with Gasteiger partial charge in [0.15, 0.2) is 11.0 Å². The summed E-state index contributed by atoms with van der Waals surface area (Å²) in [6.07, 6.45) is 3.46. The van der Waals surface area contributed by atoms with Gasteiger partial charge in [0, 0.05) is 24.5 Å². The molecule has 6 nitrogen and oxygen atoms in total. The van der Waals surface area contributed by atoms with E-state index in [0.29, 0.717) is 5.69 Å². The zero-order chi connectivity index (χ0) is 15.4. The van der Waals surface area contributed by atoms with E-state index in [4.69, 9.17) is 5.26 Å². The lowest BCUT2D eigenvalue weighted by atomic mass is 10.2. The van der Waals surface area contributed by atoms with Crippen LogP contribution in [0.2, 0.25) is 0 Å². The van der Waals surface area contributed by atoms with Crippen molar-refractivity contribution in [3.63, 3.8) is 0 Å². The molecular formula is C15H12N6S. The minimum atomic E-state index is 0.391. The third-order valence-corrected chi connectivity index (χ3v) is 3.93. The standard InChI is InChI=1S/C15H12N6S/c1-2-21-14(11-6-8-17-9-7-11)19-20-15(21)22-13-5-3-4-12(10-16)18-13/h3-9H,2H2,1H3. The van der Waals surface area contributed by atoms with Gasteiger partial charge in [0.2, 0.25) is 0 Å². The van der Waals surface area contributed by atoms with Gasteiger partial charge in [0.25, 0.3) is 0 Å². The Labute approximate surface area is 131 Å². The molecule has 0 aromatic carbocycles. The minimum absolute atomic E-state index is 0.391. The molecule has 0 radical (unpaired) electrons. The van der Waals surface area contributed by atoms with Crippen molar-refractivity contribution in [3.8, 4) is 17.5 Å². The fourth-order valence-electron chi connectivity index (χ4n) is 1.99. The fraction of sp³-hybridized carbons (Fsp3) is 0.133. The third kappa shape index (κ3) is 2.82. The van der Waals surface area contributed by atoms with Crippen LogP contribution >= 0.6 is 11.8 Å². The number of rotatable bonds is 4.